The number of nitrogens with one attached hydrogen (secondary N) is 1. The Bertz CT molecular complexity index is 225. The molecule has 2 aliphatic heterocycles. The Labute approximate surface area is 80.7 Å². The monoisotopic (exact) mass is 178 g/mol. The van der Waals surface area contributed by atoms with E-state index in [1.54, 1.807) is 0 Å². The van der Waals surface area contributed by atoms with E-state index in [4.69, 9.17) is 0 Å². The molecule has 0 aromatic heterocycles. The van der Waals surface area contributed by atoms with Crippen molar-refractivity contribution < 1.29 is 0 Å². The third-order valence-corrected chi connectivity index (χ3v) is 3.41. The smallest absolute Gasteiger partial charge is 0.0606 e. The molecule has 2 nitrogen and oxygen atoms in total. The molecule has 0 bridgehead atoms. The van der Waals surface area contributed by atoms with Gasteiger partial charge in [-0.25, -0.2) is 0 Å². The third kappa shape index (κ3) is 1.59. The van der Waals surface area contributed by atoms with Crippen molar-refractivity contribution in [3.05, 3.63) is 0 Å². The van der Waals surface area contributed by atoms with Gasteiger partial charge in [-0.3, -0.25) is 4.90 Å². The molecule has 1 unspecified atom stereocenters. The first-order valence-electron chi connectivity index (χ1n) is 5.23. The Morgan fingerprint density at radius 1 is 1.46 bits per heavy atom. The summed E-state index contributed by atoms with van der Waals surface area (Å²) in [5, 5.41) is 3.47. The van der Waals surface area contributed by atoms with Gasteiger partial charge in [0.1, 0.15) is 0 Å². The van der Waals surface area contributed by atoms with Crippen molar-refractivity contribution in [2.24, 2.45) is 0 Å². The van der Waals surface area contributed by atoms with Crippen molar-refractivity contribution in [1.29, 1.82) is 0 Å². The predicted molar refractivity (Wildman–Crippen MR) is 54.5 cm³/mol. The van der Waals surface area contributed by atoms with Crippen molar-refractivity contribution in [2.75, 3.05) is 26.2 Å². The lowest BCUT2D eigenvalue weighted by molar-refractivity contribution is 0.177. The number of hydrogen-bond donors (Lipinski definition) is 1. The minimum atomic E-state index is 0.476. The van der Waals surface area contributed by atoms with E-state index in [1.807, 2.05) is 6.92 Å². The normalized spacial score (nSPS) is 33.6. The van der Waals surface area contributed by atoms with E-state index in [2.05, 4.69) is 22.1 Å². The summed E-state index contributed by atoms with van der Waals surface area (Å²) in [6.45, 7) is 6.51. The summed E-state index contributed by atoms with van der Waals surface area (Å²) in [5.74, 6) is 6.18. The zero-order valence-corrected chi connectivity index (χ0v) is 8.40. The fourth-order valence-electron chi connectivity index (χ4n) is 2.63. The molecule has 2 heterocycles. The minimum Gasteiger partial charge on any atom is -0.315 e. The first-order chi connectivity index (χ1) is 6.37. The molecule has 2 heteroatoms. The molecular formula is C11H18N2. The summed E-state index contributed by atoms with van der Waals surface area (Å²) >= 11 is 0. The Morgan fingerprint density at radius 3 is 3.08 bits per heavy atom. The van der Waals surface area contributed by atoms with Crippen molar-refractivity contribution in [3.63, 3.8) is 0 Å². The van der Waals surface area contributed by atoms with E-state index in [0.29, 0.717) is 5.54 Å². The van der Waals surface area contributed by atoms with Crippen molar-refractivity contribution in [3.8, 4) is 11.8 Å². The van der Waals surface area contributed by atoms with Gasteiger partial charge < -0.3 is 5.32 Å². The SMILES string of the molecule is CC#CCN1CCCC12CCNC2. The second-order valence-corrected chi connectivity index (χ2v) is 4.10. The van der Waals surface area contributed by atoms with Crippen LogP contribution in [0.1, 0.15) is 26.2 Å². The molecule has 1 spiro atoms. The van der Waals surface area contributed by atoms with Crippen LogP contribution >= 0.6 is 0 Å². The Kier molecular flexibility index (Phi) is 2.57. The number of nitrogens with zero attached hydrogens (tertiary/aromatic N) is 1. The van der Waals surface area contributed by atoms with E-state index in [1.165, 1.54) is 38.9 Å². The van der Waals surface area contributed by atoms with E-state index in [0.717, 1.165) is 6.54 Å². The molecule has 0 aliphatic carbocycles. The molecular weight excluding hydrogens is 160 g/mol. The zero-order chi connectivity index (χ0) is 9.15. The van der Waals surface area contributed by atoms with Crippen LogP contribution in [0.3, 0.4) is 0 Å². The highest BCUT2D eigenvalue weighted by atomic mass is 15.3. The Morgan fingerprint density at radius 2 is 2.38 bits per heavy atom. The zero-order valence-electron chi connectivity index (χ0n) is 8.40. The molecule has 0 aromatic rings. The van der Waals surface area contributed by atoms with E-state index < -0.39 is 0 Å². The predicted octanol–water partition coefficient (Wildman–Crippen LogP) is 0.838. The van der Waals surface area contributed by atoms with E-state index in [-0.39, 0.29) is 0 Å². The summed E-state index contributed by atoms with van der Waals surface area (Å²) in [6.07, 6.45) is 4.04. The van der Waals surface area contributed by atoms with Gasteiger partial charge in [-0.15, -0.1) is 5.92 Å². The summed E-state index contributed by atoms with van der Waals surface area (Å²) in [5.41, 5.74) is 0.476. The van der Waals surface area contributed by atoms with Gasteiger partial charge in [0.15, 0.2) is 0 Å². The lowest BCUT2D eigenvalue weighted by atomic mass is 9.95. The number of rotatable bonds is 1. The minimum absolute atomic E-state index is 0.476. The highest BCUT2D eigenvalue weighted by Gasteiger charge is 2.42. The number of hydrogen-bond acceptors (Lipinski definition) is 2. The van der Waals surface area contributed by atoms with Crippen molar-refractivity contribution in [1.82, 2.24) is 10.2 Å². The van der Waals surface area contributed by atoms with Crippen LogP contribution in [-0.2, 0) is 0 Å². The highest BCUT2D eigenvalue weighted by molar-refractivity contribution is 5.07. The second-order valence-electron chi connectivity index (χ2n) is 4.10. The highest BCUT2D eigenvalue weighted by Crippen LogP contribution is 2.33. The van der Waals surface area contributed by atoms with E-state index in [9.17, 15) is 0 Å². The van der Waals surface area contributed by atoms with Crippen LogP contribution in [0.15, 0.2) is 0 Å². The lowest BCUT2D eigenvalue weighted by Gasteiger charge is -2.32. The van der Waals surface area contributed by atoms with Gasteiger partial charge in [0.2, 0.25) is 0 Å². The fraction of sp³-hybridized carbons (Fsp3) is 0.818. The van der Waals surface area contributed by atoms with Crippen molar-refractivity contribution in [2.45, 2.75) is 31.7 Å². The van der Waals surface area contributed by atoms with Crippen molar-refractivity contribution >= 4 is 0 Å². The Hall–Kier alpha value is -0.520. The summed E-state index contributed by atoms with van der Waals surface area (Å²) in [7, 11) is 0. The molecule has 2 fully saturated rings. The maximum absolute atomic E-state index is 3.47. The first kappa shape index (κ1) is 9.05. The largest absolute Gasteiger partial charge is 0.315 e. The molecule has 0 radical (unpaired) electrons. The van der Waals surface area contributed by atoms with E-state index >= 15 is 0 Å². The van der Waals surface area contributed by atoms with Crippen LogP contribution < -0.4 is 5.32 Å². The quantitative estimate of drug-likeness (QED) is 0.599. The maximum atomic E-state index is 3.47. The lowest BCUT2D eigenvalue weighted by Crippen LogP contribution is -2.45. The molecule has 13 heavy (non-hydrogen) atoms. The molecule has 1 N–H and O–H groups in total. The molecule has 1 atom stereocenters. The number of likely N-dealkylation sites (tertiary alicyclic amines) is 1. The molecule has 72 valence electrons. The molecule has 2 saturated heterocycles. The summed E-state index contributed by atoms with van der Waals surface area (Å²) in [6, 6.07) is 0. The molecule has 0 saturated carbocycles. The van der Waals surface area contributed by atoms with Gasteiger partial charge in [-0.2, -0.15) is 0 Å². The summed E-state index contributed by atoms with van der Waals surface area (Å²) < 4.78 is 0. The average molecular weight is 178 g/mol. The first-order valence-corrected chi connectivity index (χ1v) is 5.23. The van der Waals surface area contributed by atoms with Gasteiger partial charge in [0.05, 0.1) is 6.54 Å². The molecule has 2 rings (SSSR count). The van der Waals surface area contributed by atoms with Crippen LogP contribution in [0.25, 0.3) is 0 Å². The topological polar surface area (TPSA) is 15.3 Å². The average Bonchev–Trinajstić information content (AvgIpc) is 2.75. The van der Waals surface area contributed by atoms with Gasteiger partial charge in [0.25, 0.3) is 0 Å². The van der Waals surface area contributed by atoms with Crippen LogP contribution in [0.5, 0.6) is 0 Å². The molecule has 0 amide bonds. The van der Waals surface area contributed by atoms with Gasteiger partial charge in [-0.05, 0) is 39.3 Å². The second kappa shape index (κ2) is 3.69. The fourth-order valence-corrected chi connectivity index (χ4v) is 2.63. The van der Waals surface area contributed by atoms with Crippen LogP contribution in [0.2, 0.25) is 0 Å². The third-order valence-electron chi connectivity index (χ3n) is 3.41. The maximum Gasteiger partial charge on any atom is 0.0606 e. The summed E-state index contributed by atoms with van der Waals surface area (Å²) in [4.78, 5) is 2.57. The molecule has 2 aliphatic rings. The standard InChI is InChI=1S/C11H18N2/c1-2-3-8-13-9-4-5-11(13)6-7-12-10-11/h12H,4-10H2,1H3. The Balaban J connectivity index is 2.03. The van der Waals surface area contributed by atoms with Crippen LogP contribution in [0, 0.1) is 11.8 Å². The van der Waals surface area contributed by atoms with Crippen LogP contribution in [0.4, 0.5) is 0 Å². The van der Waals surface area contributed by atoms with Gasteiger partial charge in [0, 0.05) is 12.1 Å². The van der Waals surface area contributed by atoms with Gasteiger partial charge >= 0.3 is 0 Å². The molecule has 0 aromatic carbocycles. The van der Waals surface area contributed by atoms with Crippen LogP contribution in [-0.4, -0.2) is 36.6 Å². The van der Waals surface area contributed by atoms with Gasteiger partial charge in [-0.1, -0.05) is 5.92 Å².